The summed E-state index contributed by atoms with van der Waals surface area (Å²) in [4.78, 5) is 2.51. The third-order valence-corrected chi connectivity index (χ3v) is 1.98. The molecule has 0 bridgehead atoms. The van der Waals surface area contributed by atoms with E-state index in [1.165, 1.54) is 38.9 Å². The Hall–Kier alpha value is -0.300. The largest absolute Gasteiger partial charge is 0.303 e. The predicted octanol–water partition coefficient (Wildman–Crippen LogP) is 1.86. The van der Waals surface area contributed by atoms with E-state index in [0.717, 1.165) is 0 Å². The average molecular weight is 138 g/mol. The molecule has 0 aromatic rings. The Morgan fingerprint density at radius 2 is 2.00 bits per heavy atom. The smallest absolute Gasteiger partial charge is 0.00159 e. The zero-order valence-corrected chi connectivity index (χ0v) is 6.55. The Labute approximate surface area is 63.7 Å². The summed E-state index contributed by atoms with van der Waals surface area (Å²) in [6.07, 6.45) is 7.99. The molecule has 1 nitrogen and oxygen atoms in total. The molecule has 1 aliphatic rings. The molecule has 10 heavy (non-hydrogen) atoms. The molecule has 1 heteroatoms. The van der Waals surface area contributed by atoms with Crippen molar-refractivity contribution in [1.29, 1.82) is 0 Å². The monoisotopic (exact) mass is 138 g/mol. The molecule has 0 spiro atoms. The Kier molecular flexibility index (Phi) is 3.52. The van der Waals surface area contributed by atoms with Gasteiger partial charge in [0.15, 0.2) is 0 Å². The molecule has 1 heterocycles. The number of hydrogen-bond acceptors (Lipinski definition) is 1. The lowest BCUT2D eigenvalue weighted by molar-refractivity contribution is 0.346. The zero-order chi connectivity index (χ0) is 7.23. The zero-order valence-electron chi connectivity index (χ0n) is 6.55. The first-order valence-corrected chi connectivity index (χ1v) is 4.10. The van der Waals surface area contributed by atoms with Crippen LogP contribution in [0, 0.1) is 6.92 Å². The molecule has 0 aliphatic carbocycles. The van der Waals surface area contributed by atoms with Crippen molar-refractivity contribution in [3.63, 3.8) is 0 Å². The van der Waals surface area contributed by atoms with Crippen LogP contribution in [0.1, 0.15) is 19.3 Å². The second kappa shape index (κ2) is 4.51. The quantitative estimate of drug-likeness (QED) is 0.575. The van der Waals surface area contributed by atoms with E-state index in [4.69, 9.17) is 0 Å². The van der Waals surface area contributed by atoms with E-state index in [9.17, 15) is 0 Å². The van der Waals surface area contributed by atoms with Crippen molar-refractivity contribution >= 4 is 0 Å². The molecule has 0 saturated carbocycles. The molecule has 0 aromatic heterocycles. The first-order chi connectivity index (χ1) is 4.93. The van der Waals surface area contributed by atoms with Gasteiger partial charge in [0.2, 0.25) is 0 Å². The maximum atomic E-state index is 3.65. The van der Waals surface area contributed by atoms with Crippen LogP contribution >= 0.6 is 0 Å². The number of nitrogens with zero attached hydrogens (tertiary/aromatic N) is 1. The van der Waals surface area contributed by atoms with Crippen molar-refractivity contribution in [3.05, 3.63) is 19.1 Å². The van der Waals surface area contributed by atoms with Gasteiger partial charge in [-0.05, 0) is 39.3 Å². The summed E-state index contributed by atoms with van der Waals surface area (Å²) < 4.78 is 0. The summed E-state index contributed by atoms with van der Waals surface area (Å²) in [7, 11) is 0. The molecule has 0 atom stereocenters. The molecular formula is C9H16N. The first-order valence-electron chi connectivity index (χ1n) is 4.10. The van der Waals surface area contributed by atoms with E-state index in [-0.39, 0.29) is 0 Å². The van der Waals surface area contributed by atoms with Gasteiger partial charge in [-0.25, -0.2) is 0 Å². The van der Waals surface area contributed by atoms with Crippen molar-refractivity contribution in [3.8, 4) is 0 Å². The van der Waals surface area contributed by atoms with E-state index in [0.29, 0.717) is 0 Å². The predicted molar refractivity (Wildman–Crippen MR) is 44.8 cm³/mol. The van der Waals surface area contributed by atoms with Gasteiger partial charge in [-0.3, -0.25) is 0 Å². The molecule has 1 saturated heterocycles. The van der Waals surface area contributed by atoms with Crippen molar-refractivity contribution in [2.24, 2.45) is 0 Å². The molecule has 57 valence electrons. The van der Waals surface area contributed by atoms with Gasteiger partial charge >= 0.3 is 0 Å². The fourth-order valence-corrected chi connectivity index (χ4v) is 1.38. The van der Waals surface area contributed by atoms with Gasteiger partial charge in [0.25, 0.3) is 0 Å². The normalized spacial score (nSPS) is 20.9. The number of hydrogen-bond donors (Lipinski definition) is 0. The highest BCUT2D eigenvalue weighted by molar-refractivity contribution is 4.84. The van der Waals surface area contributed by atoms with Crippen molar-refractivity contribution < 1.29 is 0 Å². The molecule has 0 N–H and O–H groups in total. The van der Waals surface area contributed by atoms with E-state index in [2.05, 4.69) is 17.9 Å². The Balaban J connectivity index is 2.01. The summed E-state index contributed by atoms with van der Waals surface area (Å²) in [5, 5.41) is 0. The lowest BCUT2D eigenvalue weighted by Gasteiger charge is -2.11. The van der Waals surface area contributed by atoms with Gasteiger partial charge in [0.05, 0.1) is 0 Å². The molecule has 0 unspecified atom stereocenters. The summed E-state index contributed by atoms with van der Waals surface area (Å²) in [5.74, 6) is 0. The highest BCUT2D eigenvalue weighted by Crippen LogP contribution is 2.07. The average Bonchev–Trinajstić information content (AvgIpc) is 2.41. The maximum absolute atomic E-state index is 3.65. The van der Waals surface area contributed by atoms with Crippen molar-refractivity contribution in [2.75, 3.05) is 19.6 Å². The van der Waals surface area contributed by atoms with E-state index in [1.807, 2.05) is 6.08 Å². The summed E-state index contributed by atoms with van der Waals surface area (Å²) in [6, 6.07) is 0. The van der Waals surface area contributed by atoms with Gasteiger partial charge < -0.3 is 4.90 Å². The van der Waals surface area contributed by atoms with Gasteiger partial charge in [0.1, 0.15) is 0 Å². The first kappa shape index (κ1) is 7.80. The minimum Gasteiger partial charge on any atom is -0.303 e. The minimum absolute atomic E-state index is 1.17. The lowest BCUT2D eigenvalue weighted by Crippen LogP contribution is -2.19. The summed E-state index contributed by atoms with van der Waals surface area (Å²) in [5.41, 5.74) is 0. The number of allylic oxidation sites excluding steroid dienone is 1. The van der Waals surface area contributed by atoms with E-state index >= 15 is 0 Å². The molecule has 0 aromatic carbocycles. The molecular weight excluding hydrogens is 122 g/mol. The van der Waals surface area contributed by atoms with Crippen molar-refractivity contribution in [2.45, 2.75) is 19.3 Å². The van der Waals surface area contributed by atoms with Crippen LogP contribution in [0.4, 0.5) is 0 Å². The highest BCUT2D eigenvalue weighted by atomic mass is 15.1. The molecule has 1 radical (unpaired) electrons. The van der Waals surface area contributed by atoms with Gasteiger partial charge in [0, 0.05) is 6.54 Å². The SMILES string of the molecule is [CH2]C=CCCN1CCCC1. The lowest BCUT2D eigenvalue weighted by atomic mass is 10.3. The maximum Gasteiger partial charge on any atom is 0.00159 e. The van der Waals surface area contributed by atoms with Gasteiger partial charge in [-0.1, -0.05) is 12.2 Å². The molecule has 1 rings (SSSR count). The highest BCUT2D eigenvalue weighted by Gasteiger charge is 2.08. The van der Waals surface area contributed by atoms with Crippen LogP contribution in [0.5, 0.6) is 0 Å². The van der Waals surface area contributed by atoms with Crippen LogP contribution in [0.3, 0.4) is 0 Å². The minimum atomic E-state index is 1.17. The van der Waals surface area contributed by atoms with Crippen LogP contribution < -0.4 is 0 Å². The fourth-order valence-electron chi connectivity index (χ4n) is 1.38. The van der Waals surface area contributed by atoms with Gasteiger partial charge in [-0.15, -0.1) is 0 Å². The summed E-state index contributed by atoms with van der Waals surface area (Å²) >= 11 is 0. The third-order valence-electron chi connectivity index (χ3n) is 1.98. The Bertz CT molecular complexity index is 101. The fraction of sp³-hybridized carbons (Fsp3) is 0.667. The topological polar surface area (TPSA) is 3.24 Å². The summed E-state index contributed by atoms with van der Waals surface area (Å²) in [6.45, 7) is 7.50. The molecule has 1 aliphatic heterocycles. The third kappa shape index (κ3) is 2.53. The van der Waals surface area contributed by atoms with Crippen molar-refractivity contribution in [1.82, 2.24) is 4.90 Å². The second-order valence-electron chi connectivity index (χ2n) is 2.81. The van der Waals surface area contributed by atoms with E-state index in [1.54, 1.807) is 0 Å². The molecule has 0 amide bonds. The van der Waals surface area contributed by atoms with Crippen LogP contribution in [-0.4, -0.2) is 24.5 Å². The van der Waals surface area contributed by atoms with Gasteiger partial charge in [-0.2, -0.15) is 0 Å². The van der Waals surface area contributed by atoms with E-state index < -0.39 is 0 Å². The van der Waals surface area contributed by atoms with Crippen LogP contribution in [0.25, 0.3) is 0 Å². The standard InChI is InChI=1S/C9H16N/c1-2-3-4-7-10-8-5-6-9-10/h2-3H,1,4-9H2. The van der Waals surface area contributed by atoms with Crippen LogP contribution in [-0.2, 0) is 0 Å². The second-order valence-corrected chi connectivity index (χ2v) is 2.81. The molecule has 1 fully saturated rings. The number of likely N-dealkylation sites (tertiary alicyclic amines) is 1. The van der Waals surface area contributed by atoms with Crippen LogP contribution in [0.15, 0.2) is 12.2 Å². The Morgan fingerprint density at radius 3 is 2.60 bits per heavy atom. The van der Waals surface area contributed by atoms with Crippen LogP contribution in [0.2, 0.25) is 0 Å². The number of rotatable bonds is 3. The Morgan fingerprint density at radius 1 is 1.30 bits per heavy atom.